The lowest BCUT2D eigenvalue weighted by Gasteiger charge is -2.37. The number of hydrogen-bond donors (Lipinski definition) is 1. The SMILES string of the molecule is CN=C(NCC(C)(C)Oc1ccccc1)N1CCN(c2nccn(C)c2=O)CC1. The molecular weight excluding hydrogens is 368 g/mol. The Balaban J connectivity index is 1.55. The lowest BCUT2D eigenvalue weighted by atomic mass is 10.1. The van der Waals surface area contributed by atoms with E-state index in [0.717, 1.165) is 37.9 Å². The highest BCUT2D eigenvalue weighted by Gasteiger charge is 2.25. The van der Waals surface area contributed by atoms with E-state index < -0.39 is 0 Å². The number of rotatable bonds is 5. The number of anilines is 1. The Morgan fingerprint density at radius 3 is 2.55 bits per heavy atom. The number of hydrogen-bond acceptors (Lipinski definition) is 5. The molecule has 0 amide bonds. The van der Waals surface area contributed by atoms with Gasteiger partial charge in [-0.2, -0.15) is 0 Å². The molecule has 0 saturated carbocycles. The van der Waals surface area contributed by atoms with Gasteiger partial charge in [0.25, 0.3) is 5.56 Å². The van der Waals surface area contributed by atoms with Gasteiger partial charge in [-0.3, -0.25) is 9.79 Å². The first-order valence-corrected chi connectivity index (χ1v) is 9.86. The number of nitrogens with zero attached hydrogens (tertiary/aromatic N) is 5. The summed E-state index contributed by atoms with van der Waals surface area (Å²) in [5.74, 6) is 2.19. The van der Waals surface area contributed by atoms with E-state index in [1.54, 1.807) is 31.1 Å². The van der Waals surface area contributed by atoms with Crippen LogP contribution in [0.5, 0.6) is 5.75 Å². The van der Waals surface area contributed by atoms with Crippen molar-refractivity contribution in [1.82, 2.24) is 19.8 Å². The molecule has 2 heterocycles. The number of aryl methyl sites for hydroxylation is 1. The molecule has 1 aliphatic heterocycles. The predicted molar refractivity (Wildman–Crippen MR) is 116 cm³/mol. The average Bonchev–Trinajstić information content (AvgIpc) is 2.71. The standard InChI is InChI=1S/C21H30N6O2/c1-21(2,29-17-8-6-5-7-9-17)16-24-20(22-3)27-14-12-26(13-15-27)18-19(28)25(4)11-10-23-18/h5-11H,12-16H2,1-4H3,(H,22,24). The molecule has 29 heavy (non-hydrogen) atoms. The van der Waals surface area contributed by atoms with Gasteiger partial charge >= 0.3 is 0 Å². The summed E-state index contributed by atoms with van der Waals surface area (Å²) in [7, 11) is 3.53. The highest BCUT2D eigenvalue weighted by Crippen LogP contribution is 2.17. The first-order valence-electron chi connectivity index (χ1n) is 9.86. The van der Waals surface area contributed by atoms with Crippen molar-refractivity contribution in [2.24, 2.45) is 12.0 Å². The molecule has 1 aromatic carbocycles. The summed E-state index contributed by atoms with van der Waals surface area (Å²) < 4.78 is 7.65. The van der Waals surface area contributed by atoms with Crippen LogP contribution >= 0.6 is 0 Å². The summed E-state index contributed by atoms with van der Waals surface area (Å²) in [6.07, 6.45) is 3.34. The third-order valence-electron chi connectivity index (χ3n) is 4.90. The molecule has 1 saturated heterocycles. The van der Waals surface area contributed by atoms with Crippen molar-refractivity contribution in [3.05, 3.63) is 53.1 Å². The Morgan fingerprint density at radius 1 is 1.21 bits per heavy atom. The summed E-state index contributed by atoms with van der Waals surface area (Å²) in [6.45, 7) is 7.69. The van der Waals surface area contributed by atoms with Crippen molar-refractivity contribution in [1.29, 1.82) is 0 Å². The second-order valence-corrected chi connectivity index (χ2v) is 7.72. The molecule has 0 bridgehead atoms. The maximum atomic E-state index is 12.3. The minimum atomic E-state index is -0.390. The van der Waals surface area contributed by atoms with E-state index in [-0.39, 0.29) is 11.2 Å². The van der Waals surface area contributed by atoms with E-state index in [4.69, 9.17) is 4.74 Å². The van der Waals surface area contributed by atoms with Gasteiger partial charge in [0, 0.05) is 52.7 Å². The normalized spacial score (nSPS) is 15.4. The number of aliphatic imine (C=N–C) groups is 1. The van der Waals surface area contributed by atoms with Crippen LogP contribution in [0.1, 0.15) is 13.8 Å². The van der Waals surface area contributed by atoms with Gasteiger partial charge in [-0.05, 0) is 26.0 Å². The number of benzene rings is 1. The molecule has 156 valence electrons. The Bertz CT molecular complexity index is 886. The van der Waals surface area contributed by atoms with Gasteiger partial charge in [-0.15, -0.1) is 0 Å². The van der Waals surface area contributed by atoms with E-state index in [2.05, 4.69) is 34.0 Å². The van der Waals surface area contributed by atoms with Crippen molar-refractivity contribution >= 4 is 11.8 Å². The molecule has 1 N–H and O–H groups in total. The average molecular weight is 399 g/mol. The zero-order valence-electron chi connectivity index (χ0n) is 17.6. The molecular formula is C21H30N6O2. The molecule has 0 spiro atoms. The minimum absolute atomic E-state index is 0.0664. The molecule has 1 fully saturated rings. The van der Waals surface area contributed by atoms with Crippen LogP contribution in [0.25, 0.3) is 0 Å². The monoisotopic (exact) mass is 398 g/mol. The fourth-order valence-electron chi connectivity index (χ4n) is 3.30. The Labute approximate surface area is 171 Å². The number of aromatic nitrogens is 2. The second kappa shape index (κ2) is 8.98. The topological polar surface area (TPSA) is 75.0 Å². The van der Waals surface area contributed by atoms with E-state index in [1.807, 2.05) is 35.2 Å². The molecule has 1 aromatic heterocycles. The van der Waals surface area contributed by atoms with Gasteiger partial charge in [0.15, 0.2) is 11.8 Å². The van der Waals surface area contributed by atoms with Crippen LogP contribution in [-0.4, -0.2) is 65.8 Å². The van der Waals surface area contributed by atoms with E-state index in [9.17, 15) is 4.79 Å². The van der Waals surface area contributed by atoms with Crippen LogP contribution in [-0.2, 0) is 7.05 Å². The number of ether oxygens (including phenoxy) is 1. The first-order chi connectivity index (χ1) is 13.9. The Hall–Kier alpha value is -3.03. The fourth-order valence-corrected chi connectivity index (χ4v) is 3.30. The van der Waals surface area contributed by atoms with Crippen LogP contribution in [0, 0.1) is 0 Å². The van der Waals surface area contributed by atoms with Crippen molar-refractivity contribution < 1.29 is 4.74 Å². The maximum Gasteiger partial charge on any atom is 0.293 e. The van der Waals surface area contributed by atoms with Crippen LogP contribution in [0.2, 0.25) is 0 Å². The quantitative estimate of drug-likeness (QED) is 0.605. The van der Waals surface area contributed by atoms with Crippen molar-refractivity contribution in [2.45, 2.75) is 19.4 Å². The smallest absolute Gasteiger partial charge is 0.293 e. The van der Waals surface area contributed by atoms with Gasteiger partial charge in [-0.25, -0.2) is 4.98 Å². The molecule has 1 aliphatic rings. The zero-order valence-corrected chi connectivity index (χ0v) is 17.6. The predicted octanol–water partition coefficient (Wildman–Crippen LogP) is 1.34. The zero-order chi connectivity index (χ0) is 20.9. The van der Waals surface area contributed by atoms with Crippen molar-refractivity contribution in [2.75, 3.05) is 44.7 Å². The minimum Gasteiger partial charge on any atom is -0.486 e. The Kier molecular flexibility index (Phi) is 6.41. The van der Waals surface area contributed by atoms with Crippen LogP contribution in [0.4, 0.5) is 5.82 Å². The molecule has 0 unspecified atom stereocenters. The molecule has 2 aromatic rings. The van der Waals surface area contributed by atoms with Gasteiger partial charge in [0.1, 0.15) is 11.4 Å². The number of para-hydroxylation sites is 1. The summed E-state index contributed by atoms with van der Waals surface area (Å²) >= 11 is 0. The Morgan fingerprint density at radius 2 is 1.90 bits per heavy atom. The second-order valence-electron chi connectivity index (χ2n) is 7.72. The summed E-state index contributed by atoms with van der Waals surface area (Å²) in [4.78, 5) is 25.2. The molecule has 0 atom stereocenters. The van der Waals surface area contributed by atoms with Gasteiger partial charge in [-0.1, -0.05) is 18.2 Å². The van der Waals surface area contributed by atoms with Gasteiger partial charge < -0.3 is 24.4 Å². The van der Waals surface area contributed by atoms with Crippen LogP contribution in [0.3, 0.4) is 0 Å². The number of nitrogens with one attached hydrogen (secondary N) is 1. The number of piperazine rings is 1. The number of guanidine groups is 1. The van der Waals surface area contributed by atoms with Crippen LogP contribution < -0.4 is 20.5 Å². The summed E-state index contributed by atoms with van der Waals surface area (Å²) in [5, 5.41) is 3.43. The van der Waals surface area contributed by atoms with Crippen molar-refractivity contribution in [3.63, 3.8) is 0 Å². The molecule has 3 rings (SSSR count). The molecule has 8 nitrogen and oxygen atoms in total. The van der Waals surface area contributed by atoms with E-state index in [0.29, 0.717) is 12.4 Å². The highest BCUT2D eigenvalue weighted by atomic mass is 16.5. The third kappa shape index (κ3) is 5.28. The summed E-state index contributed by atoms with van der Waals surface area (Å²) in [5.41, 5.74) is -0.456. The molecule has 0 radical (unpaired) electrons. The van der Waals surface area contributed by atoms with Crippen molar-refractivity contribution in [3.8, 4) is 5.75 Å². The van der Waals surface area contributed by atoms with Gasteiger partial charge in [0.2, 0.25) is 0 Å². The fraction of sp³-hybridized carbons (Fsp3) is 0.476. The van der Waals surface area contributed by atoms with E-state index in [1.165, 1.54) is 0 Å². The third-order valence-corrected chi connectivity index (χ3v) is 4.90. The maximum absolute atomic E-state index is 12.3. The lowest BCUT2D eigenvalue weighted by Crippen LogP contribution is -2.55. The molecule has 8 heteroatoms. The first kappa shape index (κ1) is 20.7. The van der Waals surface area contributed by atoms with Gasteiger partial charge in [0.05, 0.1) is 6.54 Å². The largest absolute Gasteiger partial charge is 0.486 e. The highest BCUT2D eigenvalue weighted by molar-refractivity contribution is 5.80. The van der Waals surface area contributed by atoms with E-state index >= 15 is 0 Å². The lowest BCUT2D eigenvalue weighted by molar-refractivity contribution is 0.112. The summed E-state index contributed by atoms with van der Waals surface area (Å²) in [6, 6.07) is 9.81. The molecule has 0 aliphatic carbocycles. The van der Waals surface area contributed by atoms with Crippen LogP contribution in [0.15, 0.2) is 52.5 Å².